The van der Waals surface area contributed by atoms with E-state index in [4.69, 9.17) is 15.1 Å². The van der Waals surface area contributed by atoms with E-state index in [1.165, 1.54) is 0 Å². The molecule has 1 unspecified atom stereocenters. The highest BCUT2D eigenvalue weighted by molar-refractivity contribution is 5.78. The average Bonchev–Trinajstić information content (AvgIpc) is 2.27. The van der Waals surface area contributed by atoms with E-state index < -0.39 is 0 Å². The van der Waals surface area contributed by atoms with Gasteiger partial charge in [0.1, 0.15) is 0 Å². The second-order valence-electron chi connectivity index (χ2n) is 5.11. The summed E-state index contributed by atoms with van der Waals surface area (Å²) in [6.45, 7) is 5.68. The lowest BCUT2D eigenvalue weighted by Gasteiger charge is -2.41. The van der Waals surface area contributed by atoms with Gasteiger partial charge in [0.05, 0.1) is 37.3 Å². The standard InChI is InChI=1S/C12H21N3O3/c1-12(2)9-15(6-10(8-16)18-12)7-11(17)14-5-3-4-13/h10,16H,3,5-9H2,1-2H3,(H,14,17). The fourth-order valence-electron chi connectivity index (χ4n) is 2.15. The first-order valence-corrected chi connectivity index (χ1v) is 6.11. The molecule has 102 valence electrons. The third-order valence-corrected chi connectivity index (χ3v) is 2.68. The molecule has 1 amide bonds. The lowest BCUT2D eigenvalue weighted by atomic mass is 10.1. The van der Waals surface area contributed by atoms with Crippen LogP contribution in [-0.4, -0.2) is 60.4 Å². The zero-order chi connectivity index (χ0) is 13.6. The number of ether oxygens (including phenoxy) is 1. The Balaban J connectivity index is 2.41. The molecule has 1 aliphatic heterocycles. The summed E-state index contributed by atoms with van der Waals surface area (Å²) in [7, 11) is 0. The van der Waals surface area contributed by atoms with Crippen molar-refractivity contribution in [2.24, 2.45) is 0 Å². The van der Waals surface area contributed by atoms with E-state index in [9.17, 15) is 4.79 Å². The Bertz CT molecular complexity index is 325. The Morgan fingerprint density at radius 3 is 3.00 bits per heavy atom. The van der Waals surface area contributed by atoms with E-state index in [1.807, 2.05) is 24.8 Å². The number of nitrogens with one attached hydrogen (secondary N) is 1. The molecule has 1 heterocycles. The van der Waals surface area contributed by atoms with Crippen molar-refractivity contribution < 1.29 is 14.6 Å². The molecule has 0 saturated carbocycles. The highest BCUT2D eigenvalue weighted by Crippen LogP contribution is 2.20. The third kappa shape index (κ3) is 5.00. The quantitative estimate of drug-likeness (QED) is 0.646. The van der Waals surface area contributed by atoms with Gasteiger partial charge in [0, 0.05) is 19.6 Å². The number of carbonyl (C=O) groups is 1. The van der Waals surface area contributed by atoms with Crippen molar-refractivity contribution in [1.82, 2.24) is 10.2 Å². The second-order valence-corrected chi connectivity index (χ2v) is 5.11. The lowest BCUT2D eigenvalue weighted by molar-refractivity contribution is -0.153. The summed E-state index contributed by atoms with van der Waals surface area (Å²) in [5, 5.41) is 20.2. The van der Waals surface area contributed by atoms with Crippen LogP contribution in [0.15, 0.2) is 0 Å². The molecule has 0 aromatic heterocycles. The van der Waals surface area contributed by atoms with Crippen molar-refractivity contribution in [1.29, 1.82) is 5.26 Å². The number of hydrogen-bond acceptors (Lipinski definition) is 5. The topological polar surface area (TPSA) is 85.6 Å². The maximum atomic E-state index is 11.6. The SMILES string of the molecule is CC1(C)CN(CC(=O)NCCC#N)CC(CO)O1. The zero-order valence-electron chi connectivity index (χ0n) is 11.0. The molecule has 0 aromatic rings. The summed E-state index contributed by atoms with van der Waals surface area (Å²) in [6.07, 6.45) is 0.0697. The predicted molar refractivity (Wildman–Crippen MR) is 65.7 cm³/mol. The summed E-state index contributed by atoms with van der Waals surface area (Å²) >= 11 is 0. The number of amides is 1. The lowest BCUT2D eigenvalue weighted by Crippen LogP contribution is -2.55. The van der Waals surface area contributed by atoms with Gasteiger partial charge in [-0.05, 0) is 13.8 Å². The largest absolute Gasteiger partial charge is 0.394 e. The molecule has 1 atom stereocenters. The summed E-state index contributed by atoms with van der Waals surface area (Å²) in [6, 6.07) is 1.97. The molecule has 0 aliphatic carbocycles. The highest BCUT2D eigenvalue weighted by Gasteiger charge is 2.33. The van der Waals surface area contributed by atoms with Crippen LogP contribution in [0.5, 0.6) is 0 Å². The van der Waals surface area contributed by atoms with E-state index in [0.29, 0.717) is 26.1 Å². The monoisotopic (exact) mass is 255 g/mol. The van der Waals surface area contributed by atoms with Crippen molar-refractivity contribution in [3.8, 4) is 6.07 Å². The van der Waals surface area contributed by atoms with Gasteiger partial charge in [-0.25, -0.2) is 0 Å². The Morgan fingerprint density at radius 1 is 1.67 bits per heavy atom. The first-order chi connectivity index (χ1) is 8.46. The van der Waals surface area contributed by atoms with Gasteiger partial charge in [0.2, 0.25) is 5.91 Å². The molecule has 1 aliphatic rings. The number of aliphatic hydroxyl groups excluding tert-OH is 1. The van der Waals surface area contributed by atoms with Crippen LogP contribution in [0.25, 0.3) is 0 Å². The highest BCUT2D eigenvalue weighted by atomic mass is 16.5. The molecule has 1 fully saturated rings. The summed E-state index contributed by atoms with van der Waals surface area (Å²) in [4.78, 5) is 13.6. The average molecular weight is 255 g/mol. The van der Waals surface area contributed by atoms with Crippen molar-refractivity contribution >= 4 is 5.91 Å². The minimum Gasteiger partial charge on any atom is -0.394 e. The smallest absolute Gasteiger partial charge is 0.234 e. The van der Waals surface area contributed by atoms with Crippen LogP contribution in [0.4, 0.5) is 0 Å². The Hall–Kier alpha value is -1.16. The van der Waals surface area contributed by atoms with Crippen LogP contribution in [-0.2, 0) is 9.53 Å². The van der Waals surface area contributed by atoms with Crippen molar-refractivity contribution in [2.75, 3.05) is 32.8 Å². The molecule has 0 aromatic carbocycles. The van der Waals surface area contributed by atoms with Crippen LogP contribution in [0.1, 0.15) is 20.3 Å². The summed E-state index contributed by atoms with van der Waals surface area (Å²) in [5.74, 6) is -0.0976. The van der Waals surface area contributed by atoms with Crippen LogP contribution in [0, 0.1) is 11.3 Å². The number of nitrogens with zero attached hydrogens (tertiary/aromatic N) is 2. The number of aliphatic hydroxyl groups is 1. The maximum Gasteiger partial charge on any atom is 0.234 e. The van der Waals surface area contributed by atoms with E-state index in [-0.39, 0.29) is 30.8 Å². The molecule has 6 nitrogen and oxygen atoms in total. The summed E-state index contributed by atoms with van der Waals surface area (Å²) in [5.41, 5.74) is -0.363. The van der Waals surface area contributed by atoms with Crippen molar-refractivity contribution in [2.45, 2.75) is 32.0 Å². The minimum atomic E-state index is -0.363. The van der Waals surface area contributed by atoms with Crippen LogP contribution < -0.4 is 5.32 Å². The number of rotatable bonds is 5. The molecule has 0 bridgehead atoms. The zero-order valence-corrected chi connectivity index (χ0v) is 11.0. The van der Waals surface area contributed by atoms with Gasteiger partial charge < -0.3 is 15.2 Å². The fraction of sp³-hybridized carbons (Fsp3) is 0.833. The number of hydrogen-bond donors (Lipinski definition) is 2. The van der Waals surface area contributed by atoms with Crippen molar-refractivity contribution in [3.05, 3.63) is 0 Å². The van der Waals surface area contributed by atoms with Crippen LogP contribution in [0.2, 0.25) is 0 Å². The minimum absolute atomic E-state index is 0.0457. The van der Waals surface area contributed by atoms with Gasteiger partial charge in [-0.2, -0.15) is 5.26 Å². The van der Waals surface area contributed by atoms with Gasteiger partial charge in [0.15, 0.2) is 0 Å². The number of morpholine rings is 1. The summed E-state index contributed by atoms with van der Waals surface area (Å²) < 4.78 is 5.67. The van der Waals surface area contributed by atoms with Crippen molar-refractivity contribution in [3.63, 3.8) is 0 Å². The molecule has 6 heteroatoms. The van der Waals surface area contributed by atoms with E-state index in [2.05, 4.69) is 5.32 Å². The maximum absolute atomic E-state index is 11.6. The van der Waals surface area contributed by atoms with Crippen LogP contribution >= 0.6 is 0 Å². The normalized spacial score (nSPS) is 23.3. The molecule has 0 spiro atoms. The van der Waals surface area contributed by atoms with Crippen LogP contribution in [0.3, 0.4) is 0 Å². The molecular weight excluding hydrogens is 234 g/mol. The van der Waals surface area contributed by atoms with Gasteiger partial charge in [0.25, 0.3) is 0 Å². The predicted octanol–water partition coefficient (Wildman–Crippen LogP) is -0.512. The first kappa shape index (κ1) is 14.9. The fourth-order valence-corrected chi connectivity index (χ4v) is 2.15. The molecule has 18 heavy (non-hydrogen) atoms. The Morgan fingerprint density at radius 2 is 2.39 bits per heavy atom. The van der Waals surface area contributed by atoms with Gasteiger partial charge in [-0.15, -0.1) is 0 Å². The van der Waals surface area contributed by atoms with E-state index in [1.54, 1.807) is 0 Å². The Kier molecular flexibility index (Phi) is 5.54. The van der Waals surface area contributed by atoms with E-state index in [0.717, 1.165) is 0 Å². The van der Waals surface area contributed by atoms with Gasteiger partial charge >= 0.3 is 0 Å². The molecule has 1 saturated heterocycles. The number of carbonyl (C=O) groups excluding carboxylic acids is 1. The molecular formula is C12H21N3O3. The first-order valence-electron chi connectivity index (χ1n) is 6.11. The molecule has 1 rings (SSSR count). The van der Waals surface area contributed by atoms with Gasteiger partial charge in [-0.3, -0.25) is 9.69 Å². The molecule has 2 N–H and O–H groups in total. The molecule has 0 radical (unpaired) electrons. The van der Waals surface area contributed by atoms with E-state index >= 15 is 0 Å². The second kappa shape index (κ2) is 6.69. The van der Waals surface area contributed by atoms with Gasteiger partial charge in [-0.1, -0.05) is 0 Å². The number of nitriles is 1. The third-order valence-electron chi connectivity index (χ3n) is 2.68. The Labute approximate surface area is 108 Å².